The highest BCUT2D eigenvalue weighted by Crippen LogP contribution is 2.41. The number of sulfonamides is 1. The number of nitrogens with zero attached hydrogens (tertiary/aromatic N) is 1. The molecule has 0 aliphatic carbocycles. The van der Waals surface area contributed by atoms with Crippen LogP contribution in [0.3, 0.4) is 0 Å². The zero-order valence-corrected chi connectivity index (χ0v) is 22.8. The number of halogens is 3. The first kappa shape index (κ1) is 28.0. The Kier molecular flexibility index (Phi) is 8.37. The first-order valence-electron chi connectivity index (χ1n) is 12.1. The van der Waals surface area contributed by atoms with Gasteiger partial charge in [0, 0.05) is 10.8 Å². The summed E-state index contributed by atoms with van der Waals surface area (Å²) in [6.45, 7) is 10.1. The predicted octanol–water partition coefficient (Wildman–Crippen LogP) is 8.34. The maximum atomic E-state index is 12.9. The molecule has 1 heterocycles. The molecule has 0 atom stereocenters. The SMILES string of the molecule is CCN(CC)CC.O=S(=O)(Np1oc2ccc3ccccc3c2c2c(ccc3ccccc32)o1)C(F)(F)F. The molecular weight excluding hydrogens is 536 g/mol. The van der Waals surface area contributed by atoms with Crippen LogP contribution in [-0.4, -0.2) is 38.5 Å². The highest BCUT2D eigenvalue weighted by atomic mass is 32.2. The Hall–Kier alpha value is -3.04. The minimum Gasteiger partial charge on any atom is -0.407 e. The molecule has 5 rings (SSSR count). The molecule has 5 aromatic rings. The molecule has 0 saturated heterocycles. The van der Waals surface area contributed by atoms with Crippen molar-refractivity contribution >= 4 is 61.7 Å². The molecule has 0 bridgehead atoms. The lowest BCUT2D eigenvalue weighted by atomic mass is 9.99. The van der Waals surface area contributed by atoms with Crippen LogP contribution in [-0.2, 0) is 10.0 Å². The summed E-state index contributed by atoms with van der Waals surface area (Å²) in [7, 11) is -8.37. The molecule has 0 saturated carbocycles. The molecular formula is C27H28F3N2O4PS. The molecule has 1 aromatic heterocycles. The molecule has 0 aliphatic rings. The molecule has 6 nitrogen and oxygen atoms in total. The Morgan fingerprint density at radius 3 is 1.53 bits per heavy atom. The summed E-state index contributed by atoms with van der Waals surface area (Å²) in [6.07, 6.45) is 0. The van der Waals surface area contributed by atoms with Crippen molar-refractivity contribution < 1.29 is 30.0 Å². The average molecular weight is 565 g/mol. The van der Waals surface area contributed by atoms with Gasteiger partial charge in [-0.05, 0) is 53.3 Å². The van der Waals surface area contributed by atoms with Gasteiger partial charge in [-0.15, -0.1) is 4.49 Å². The van der Waals surface area contributed by atoms with E-state index in [-0.39, 0.29) is 11.2 Å². The molecule has 0 aliphatic heterocycles. The van der Waals surface area contributed by atoms with E-state index in [0.717, 1.165) is 21.5 Å². The van der Waals surface area contributed by atoms with Gasteiger partial charge in [-0.25, -0.2) is 8.42 Å². The molecule has 11 heteroatoms. The predicted molar refractivity (Wildman–Crippen MR) is 149 cm³/mol. The van der Waals surface area contributed by atoms with Gasteiger partial charge in [0.2, 0.25) is 0 Å². The Bertz CT molecular complexity index is 1630. The molecule has 38 heavy (non-hydrogen) atoms. The van der Waals surface area contributed by atoms with Gasteiger partial charge < -0.3 is 13.3 Å². The molecule has 0 spiro atoms. The maximum Gasteiger partial charge on any atom is 0.512 e. The van der Waals surface area contributed by atoms with Crippen molar-refractivity contribution in [2.24, 2.45) is 0 Å². The fourth-order valence-electron chi connectivity index (χ4n) is 4.23. The monoisotopic (exact) mass is 564 g/mol. The summed E-state index contributed by atoms with van der Waals surface area (Å²) < 4.78 is 75.1. The maximum absolute atomic E-state index is 12.9. The van der Waals surface area contributed by atoms with Gasteiger partial charge in [-0.1, -0.05) is 81.4 Å². The van der Waals surface area contributed by atoms with Crippen LogP contribution in [0.15, 0.2) is 81.2 Å². The first-order chi connectivity index (χ1) is 18.1. The van der Waals surface area contributed by atoms with Gasteiger partial charge in [0.1, 0.15) is 11.2 Å². The average Bonchev–Trinajstić information content (AvgIpc) is 3.05. The van der Waals surface area contributed by atoms with Gasteiger partial charge in [-0.2, -0.15) is 13.2 Å². The zero-order chi connectivity index (χ0) is 27.5. The van der Waals surface area contributed by atoms with Crippen molar-refractivity contribution in [3.8, 4) is 0 Å². The van der Waals surface area contributed by atoms with E-state index in [0.29, 0.717) is 10.8 Å². The van der Waals surface area contributed by atoms with E-state index >= 15 is 0 Å². The van der Waals surface area contributed by atoms with Gasteiger partial charge >= 0.3 is 23.7 Å². The van der Waals surface area contributed by atoms with E-state index in [2.05, 4.69) is 25.7 Å². The molecule has 202 valence electrons. The van der Waals surface area contributed by atoms with Crippen LogP contribution in [0.25, 0.3) is 43.5 Å². The molecule has 0 fully saturated rings. The number of hydrogen-bond donors (Lipinski definition) is 1. The molecule has 0 unspecified atom stereocenters. The summed E-state index contributed by atoms with van der Waals surface area (Å²) in [4.78, 5) is 2.38. The number of nitrogens with one attached hydrogen (secondary N) is 1. The van der Waals surface area contributed by atoms with Crippen molar-refractivity contribution in [3.05, 3.63) is 72.8 Å². The van der Waals surface area contributed by atoms with Crippen LogP contribution in [0.4, 0.5) is 13.2 Å². The van der Waals surface area contributed by atoms with Gasteiger partial charge in [-0.3, -0.25) is 0 Å². The van der Waals surface area contributed by atoms with Gasteiger partial charge in [0.15, 0.2) is 0 Å². The zero-order valence-electron chi connectivity index (χ0n) is 21.1. The molecule has 0 amide bonds. The van der Waals surface area contributed by atoms with Crippen molar-refractivity contribution in [2.45, 2.75) is 26.3 Å². The number of hydrogen-bond acceptors (Lipinski definition) is 5. The van der Waals surface area contributed by atoms with Crippen molar-refractivity contribution in [2.75, 3.05) is 24.1 Å². The van der Waals surface area contributed by atoms with Crippen molar-refractivity contribution in [1.29, 1.82) is 0 Å². The van der Waals surface area contributed by atoms with Crippen LogP contribution < -0.4 is 4.49 Å². The summed E-state index contributed by atoms with van der Waals surface area (Å²) in [5.41, 5.74) is -5.04. The third-order valence-electron chi connectivity index (χ3n) is 6.24. The minimum absolute atomic E-state index is 0.227. The summed E-state index contributed by atoms with van der Waals surface area (Å²) >= 11 is 0. The van der Waals surface area contributed by atoms with Crippen LogP contribution >= 0.6 is 8.16 Å². The lowest BCUT2D eigenvalue weighted by molar-refractivity contribution is -0.0428. The smallest absolute Gasteiger partial charge is 0.407 e. The fraction of sp³-hybridized carbons (Fsp3) is 0.259. The Morgan fingerprint density at radius 2 is 1.16 bits per heavy atom. The minimum atomic E-state index is -5.67. The van der Waals surface area contributed by atoms with Crippen LogP contribution in [0.5, 0.6) is 0 Å². The van der Waals surface area contributed by atoms with E-state index < -0.39 is 23.7 Å². The van der Waals surface area contributed by atoms with Crippen LogP contribution in [0, 0.1) is 0 Å². The lowest BCUT2D eigenvalue weighted by Crippen LogP contribution is -2.28. The summed E-state index contributed by atoms with van der Waals surface area (Å²) in [5, 5.41) is 4.65. The normalized spacial score (nSPS) is 12.3. The Balaban J connectivity index is 0.000000426. The van der Waals surface area contributed by atoms with Gasteiger partial charge in [0.25, 0.3) is 0 Å². The highest BCUT2D eigenvalue weighted by molar-refractivity contribution is 7.98. The highest BCUT2D eigenvalue weighted by Gasteiger charge is 2.47. The van der Waals surface area contributed by atoms with Crippen molar-refractivity contribution in [3.63, 3.8) is 0 Å². The molecule has 1 N–H and O–H groups in total. The van der Waals surface area contributed by atoms with Crippen molar-refractivity contribution in [1.82, 2.24) is 4.90 Å². The number of rotatable bonds is 5. The first-order valence-corrected chi connectivity index (χ1v) is 14.8. The van der Waals surface area contributed by atoms with E-state index in [9.17, 15) is 21.6 Å². The van der Waals surface area contributed by atoms with E-state index in [4.69, 9.17) is 8.39 Å². The third kappa shape index (κ3) is 5.68. The fourth-order valence-corrected chi connectivity index (χ4v) is 6.42. The number of benzene rings is 4. The second kappa shape index (κ2) is 11.4. The van der Waals surface area contributed by atoms with Crippen LogP contribution in [0.2, 0.25) is 0 Å². The quantitative estimate of drug-likeness (QED) is 0.232. The Labute approximate surface area is 219 Å². The van der Waals surface area contributed by atoms with E-state index in [1.54, 1.807) is 24.3 Å². The van der Waals surface area contributed by atoms with E-state index in [1.807, 2.05) is 48.5 Å². The third-order valence-corrected chi connectivity index (χ3v) is 9.13. The molecule has 0 radical (unpaired) electrons. The molecule has 4 aromatic carbocycles. The summed E-state index contributed by atoms with van der Waals surface area (Å²) in [5.74, 6) is 0. The van der Waals surface area contributed by atoms with Gasteiger partial charge in [0.05, 0.1) is 0 Å². The second-order valence-corrected chi connectivity index (χ2v) is 11.5. The topological polar surface area (TPSA) is 75.7 Å². The number of alkyl halides is 3. The van der Waals surface area contributed by atoms with Crippen LogP contribution in [0.1, 0.15) is 20.8 Å². The lowest BCUT2D eigenvalue weighted by Gasteiger charge is -2.13. The largest absolute Gasteiger partial charge is 0.512 e. The number of fused-ring (bicyclic) bond motifs is 7. The standard InChI is InChI=1S/C21H13F3NO4PS.C6H15N/c22-21(23,24)31(26,27)25-30-28-17-11-9-13-5-1-3-7-15(13)19(17)20-16-8-4-2-6-14(16)10-12-18(20)29-30;1-4-7(5-2)6-3/h1-12,25H;4-6H2,1-3H3. The summed E-state index contributed by atoms with van der Waals surface area (Å²) in [6, 6.07) is 21.7. The van der Waals surface area contributed by atoms with E-state index in [1.165, 1.54) is 24.1 Å². The second-order valence-electron chi connectivity index (χ2n) is 8.42. The Morgan fingerprint density at radius 1 is 0.737 bits per heavy atom.